The first-order chi connectivity index (χ1) is 8.15. The van der Waals surface area contributed by atoms with Crippen molar-refractivity contribution < 1.29 is 4.79 Å². The Morgan fingerprint density at radius 2 is 2.12 bits per heavy atom. The van der Waals surface area contributed by atoms with E-state index in [1.54, 1.807) is 13.1 Å². The second-order valence-corrected chi connectivity index (χ2v) is 3.38. The van der Waals surface area contributed by atoms with Gasteiger partial charge in [0.1, 0.15) is 11.6 Å². The van der Waals surface area contributed by atoms with Crippen molar-refractivity contribution in [3.05, 3.63) is 6.07 Å². The molecule has 1 amide bonds. The van der Waals surface area contributed by atoms with Crippen LogP contribution in [0.4, 0.5) is 17.6 Å². The summed E-state index contributed by atoms with van der Waals surface area (Å²) in [6.07, 6.45) is 0.395. The fourth-order valence-corrected chi connectivity index (χ4v) is 1.27. The number of nitrogens with zero attached hydrogens (tertiary/aromatic N) is 2. The fraction of sp³-hybridized carbons (Fsp3) is 0.500. The van der Waals surface area contributed by atoms with Gasteiger partial charge in [-0.15, -0.1) is 0 Å². The van der Waals surface area contributed by atoms with Crippen molar-refractivity contribution >= 4 is 23.5 Å². The molecule has 0 radical (unpaired) electrons. The molecule has 0 saturated heterocycles. The van der Waals surface area contributed by atoms with Crippen LogP contribution in [-0.4, -0.2) is 36.0 Å². The Labute approximate surface area is 100 Å². The zero-order valence-electron chi connectivity index (χ0n) is 10.1. The van der Waals surface area contributed by atoms with Crippen LogP contribution in [0.2, 0.25) is 0 Å². The molecule has 0 unspecified atom stereocenters. The highest BCUT2D eigenvalue weighted by molar-refractivity contribution is 5.76. The summed E-state index contributed by atoms with van der Waals surface area (Å²) in [6, 6.07) is 1.73. The van der Waals surface area contributed by atoms with Crippen molar-refractivity contribution in [3.63, 3.8) is 0 Å². The lowest BCUT2D eigenvalue weighted by atomic mass is 10.4. The molecule has 7 nitrogen and oxygen atoms in total. The van der Waals surface area contributed by atoms with Crippen LogP contribution in [0.1, 0.15) is 13.3 Å². The number of amides is 1. The highest BCUT2D eigenvalue weighted by Gasteiger charge is 2.02. The number of aromatic nitrogens is 2. The smallest absolute Gasteiger partial charge is 0.223 e. The first kappa shape index (κ1) is 13.0. The van der Waals surface area contributed by atoms with Crippen LogP contribution in [0.5, 0.6) is 0 Å². The zero-order valence-corrected chi connectivity index (χ0v) is 10.1. The number of anilines is 3. The zero-order chi connectivity index (χ0) is 12.7. The Bertz CT molecular complexity index is 381. The Morgan fingerprint density at radius 1 is 1.41 bits per heavy atom. The Hall–Kier alpha value is -2.05. The SMILES string of the molecule is CCNC(=O)CCNc1cc(NC)nc(N)n1. The predicted octanol–water partition coefficient (Wildman–Crippen LogP) is 0.0386. The standard InChI is InChI=1S/C10H18N6O/c1-3-13-9(17)4-5-14-8-6-7(12-2)15-10(11)16-8/h6H,3-5H2,1-2H3,(H,13,17)(H4,11,12,14,15,16). The molecular formula is C10H18N6O. The normalized spacial score (nSPS) is 9.76. The second kappa shape index (κ2) is 6.51. The number of hydrogen-bond donors (Lipinski definition) is 4. The van der Waals surface area contributed by atoms with Gasteiger partial charge in [-0.2, -0.15) is 9.97 Å². The van der Waals surface area contributed by atoms with Gasteiger partial charge in [-0.3, -0.25) is 4.79 Å². The number of carbonyl (C=O) groups excluding carboxylic acids is 1. The summed E-state index contributed by atoms with van der Waals surface area (Å²) >= 11 is 0. The van der Waals surface area contributed by atoms with Crippen molar-refractivity contribution in [3.8, 4) is 0 Å². The highest BCUT2D eigenvalue weighted by Crippen LogP contribution is 2.11. The Morgan fingerprint density at radius 3 is 2.76 bits per heavy atom. The molecule has 0 aliphatic heterocycles. The van der Waals surface area contributed by atoms with Crippen LogP contribution in [0.25, 0.3) is 0 Å². The largest absolute Gasteiger partial charge is 0.373 e. The van der Waals surface area contributed by atoms with Gasteiger partial charge in [0.25, 0.3) is 0 Å². The summed E-state index contributed by atoms with van der Waals surface area (Å²) < 4.78 is 0. The van der Waals surface area contributed by atoms with Crippen LogP contribution in [-0.2, 0) is 4.79 Å². The molecule has 5 N–H and O–H groups in total. The van der Waals surface area contributed by atoms with E-state index in [1.165, 1.54) is 0 Å². The average Bonchev–Trinajstić information content (AvgIpc) is 2.28. The maximum atomic E-state index is 11.2. The predicted molar refractivity (Wildman–Crippen MR) is 67.8 cm³/mol. The first-order valence-electron chi connectivity index (χ1n) is 5.48. The minimum atomic E-state index is 0.0101. The van der Waals surface area contributed by atoms with Crippen LogP contribution < -0.4 is 21.7 Å². The van der Waals surface area contributed by atoms with Crippen molar-refractivity contribution in [2.75, 3.05) is 36.5 Å². The number of carbonyl (C=O) groups is 1. The van der Waals surface area contributed by atoms with E-state index in [0.29, 0.717) is 31.1 Å². The molecule has 0 spiro atoms. The van der Waals surface area contributed by atoms with Crippen molar-refractivity contribution in [1.82, 2.24) is 15.3 Å². The van der Waals surface area contributed by atoms with Gasteiger partial charge in [-0.1, -0.05) is 0 Å². The van der Waals surface area contributed by atoms with Gasteiger partial charge in [0, 0.05) is 32.6 Å². The summed E-state index contributed by atoms with van der Waals surface area (Å²) in [7, 11) is 1.75. The van der Waals surface area contributed by atoms with Gasteiger partial charge in [0.15, 0.2) is 0 Å². The molecule has 1 heterocycles. The third kappa shape index (κ3) is 4.54. The van der Waals surface area contributed by atoms with Crippen LogP contribution in [0.3, 0.4) is 0 Å². The maximum Gasteiger partial charge on any atom is 0.223 e. The van der Waals surface area contributed by atoms with Gasteiger partial charge in [0.2, 0.25) is 11.9 Å². The molecule has 7 heteroatoms. The Balaban J connectivity index is 2.46. The molecule has 0 aliphatic rings. The quantitative estimate of drug-likeness (QED) is 0.557. The maximum absolute atomic E-state index is 11.2. The summed E-state index contributed by atoms with van der Waals surface area (Å²) in [5, 5.41) is 8.61. The van der Waals surface area contributed by atoms with Gasteiger partial charge in [-0.05, 0) is 6.92 Å². The molecule has 0 saturated carbocycles. The third-order valence-corrected chi connectivity index (χ3v) is 2.03. The van der Waals surface area contributed by atoms with Crippen LogP contribution in [0, 0.1) is 0 Å². The van der Waals surface area contributed by atoms with E-state index in [9.17, 15) is 4.79 Å². The molecular weight excluding hydrogens is 220 g/mol. The molecule has 0 fully saturated rings. The van der Waals surface area contributed by atoms with Crippen LogP contribution in [0.15, 0.2) is 6.07 Å². The molecule has 1 rings (SSSR count). The van der Waals surface area contributed by atoms with Crippen molar-refractivity contribution in [2.45, 2.75) is 13.3 Å². The molecule has 0 aromatic carbocycles. The first-order valence-corrected chi connectivity index (χ1v) is 5.48. The molecule has 17 heavy (non-hydrogen) atoms. The summed E-state index contributed by atoms with van der Waals surface area (Å²) in [4.78, 5) is 19.2. The molecule has 0 atom stereocenters. The lowest BCUT2D eigenvalue weighted by Crippen LogP contribution is -2.24. The Kier molecular flexibility index (Phi) is 4.99. The van der Waals surface area contributed by atoms with Crippen molar-refractivity contribution in [1.29, 1.82) is 0 Å². The van der Waals surface area contributed by atoms with Gasteiger partial charge in [0.05, 0.1) is 0 Å². The number of rotatable bonds is 6. The lowest BCUT2D eigenvalue weighted by molar-refractivity contribution is -0.120. The number of nitrogens with one attached hydrogen (secondary N) is 3. The van der Waals surface area contributed by atoms with Gasteiger partial charge < -0.3 is 21.7 Å². The van der Waals surface area contributed by atoms with E-state index in [0.717, 1.165) is 0 Å². The van der Waals surface area contributed by atoms with Crippen LogP contribution >= 0.6 is 0 Å². The minimum Gasteiger partial charge on any atom is -0.373 e. The highest BCUT2D eigenvalue weighted by atomic mass is 16.1. The molecule has 0 bridgehead atoms. The second-order valence-electron chi connectivity index (χ2n) is 3.38. The topological polar surface area (TPSA) is 105 Å². The fourth-order valence-electron chi connectivity index (χ4n) is 1.27. The summed E-state index contributed by atoms with van der Waals surface area (Å²) in [6.45, 7) is 3.03. The van der Waals surface area contributed by atoms with E-state index < -0.39 is 0 Å². The lowest BCUT2D eigenvalue weighted by Gasteiger charge is -2.07. The number of nitrogen functional groups attached to an aromatic ring is 1. The average molecular weight is 238 g/mol. The summed E-state index contributed by atoms with van der Waals surface area (Å²) in [5.74, 6) is 1.44. The summed E-state index contributed by atoms with van der Waals surface area (Å²) in [5.41, 5.74) is 5.53. The van der Waals surface area contributed by atoms with Gasteiger partial charge in [-0.25, -0.2) is 0 Å². The molecule has 0 aliphatic carbocycles. The van der Waals surface area contributed by atoms with E-state index >= 15 is 0 Å². The minimum absolute atomic E-state index is 0.0101. The van der Waals surface area contributed by atoms with E-state index in [-0.39, 0.29) is 11.9 Å². The van der Waals surface area contributed by atoms with E-state index in [1.807, 2.05) is 6.92 Å². The monoisotopic (exact) mass is 238 g/mol. The molecule has 1 aromatic heterocycles. The molecule has 1 aromatic rings. The van der Waals surface area contributed by atoms with Gasteiger partial charge >= 0.3 is 0 Å². The van der Waals surface area contributed by atoms with E-state index in [2.05, 4.69) is 25.9 Å². The number of nitrogens with two attached hydrogens (primary N) is 1. The van der Waals surface area contributed by atoms with Crippen molar-refractivity contribution in [2.24, 2.45) is 0 Å². The third-order valence-electron chi connectivity index (χ3n) is 2.03. The van der Waals surface area contributed by atoms with E-state index in [4.69, 9.17) is 5.73 Å². The number of hydrogen-bond acceptors (Lipinski definition) is 6. The molecule has 94 valence electrons.